The van der Waals surface area contributed by atoms with Gasteiger partial charge >= 0.3 is 0 Å². The van der Waals surface area contributed by atoms with Crippen LogP contribution in [-0.4, -0.2) is 32.3 Å². The molecule has 2 heterocycles. The van der Waals surface area contributed by atoms with E-state index in [9.17, 15) is 14.9 Å². The first-order chi connectivity index (χ1) is 17.3. The number of fused-ring (bicyclic) bond motifs is 1. The normalized spacial score (nSPS) is 13.7. The molecule has 0 spiro atoms. The maximum Gasteiger partial charge on any atom is 0.251 e. The molecule has 0 saturated heterocycles. The van der Waals surface area contributed by atoms with Crippen molar-refractivity contribution in [1.82, 2.24) is 20.1 Å². The van der Waals surface area contributed by atoms with E-state index in [1.807, 2.05) is 50.6 Å². The number of hydrogen-bond donors (Lipinski definition) is 2. The quantitative estimate of drug-likeness (QED) is 0.411. The van der Waals surface area contributed by atoms with Crippen LogP contribution in [0.4, 0.5) is 5.00 Å². The lowest BCUT2D eigenvalue weighted by Gasteiger charge is -2.21. The molecule has 0 saturated carbocycles. The second kappa shape index (κ2) is 11.3. The van der Waals surface area contributed by atoms with Gasteiger partial charge in [0.2, 0.25) is 5.91 Å². The van der Waals surface area contributed by atoms with Gasteiger partial charge in [0.1, 0.15) is 11.1 Å². The van der Waals surface area contributed by atoms with Crippen molar-refractivity contribution in [3.8, 4) is 6.07 Å². The number of anilines is 1. The van der Waals surface area contributed by atoms with Crippen LogP contribution in [0.15, 0.2) is 29.4 Å². The highest BCUT2D eigenvalue weighted by Gasteiger charge is 2.26. The molecule has 0 aliphatic heterocycles. The number of rotatable bonds is 8. The summed E-state index contributed by atoms with van der Waals surface area (Å²) in [6.45, 7) is 5.99. The SMILES string of the molecule is Cc1cccc(C(=O)N[C@@H](c2nnc(SCC(=O)Nc3sc4c(c3C#N)CCCC4)n2C)C(C)C)c1. The Kier molecular flexibility index (Phi) is 8.11. The van der Waals surface area contributed by atoms with Crippen LogP contribution >= 0.6 is 23.1 Å². The first-order valence-electron chi connectivity index (χ1n) is 12.0. The lowest BCUT2D eigenvalue weighted by Crippen LogP contribution is -2.33. The summed E-state index contributed by atoms with van der Waals surface area (Å²) in [7, 11) is 1.84. The molecular formula is C26H30N6O2S2. The van der Waals surface area contributed by atoms with Gasteiger partial charge in [-0.3, -0.25) is 9.59 Å². The summed E-state index contributed by atoms with van der Waals surface area (Å²) in [4.78, 5) is 26.8. The number of amides is 2. The summed E-state index contributed by atoms with van der Waals surface area (Å²) >= 11 is 2.79. The highest BCUT2D eigenvalue weighted by atomic mass is 32.2. The van der Waals surface area contributed by atoms with Gasteiger partial charge in [-0.05, 0) is 56.2 Å². The molecule has 188 valence electrons. The zero-order valence-electron chi connectivity index (χ0n) is 20.9. The van der Waals surface area contributed by atoms with Crippen molar-refractivity contribution in [3.05, 3.63) is 57.2 Å². The minimum Gasteiger partial charge on any atom is -0.342 e. The fraction of sp³-hybridized carbons (Fsp3) is 0.423. The van der Waals surface area contributed by atoms with Gasteiger partial charge < -0.3 is 15.2 Å². The molecule has 4 rings (SSSR count). The minimum absolute atomic E-state index is 0.0806. The standard InChI is InChI=1S/C26H30N6O2S2/c1-15(2)22(29-24(34)17-9-7-8-16(3)12-17)23-30-31-26(32(23)4)35-14-21(33)28-25-19(13-27)18-10-5-6-11-20(18)36-25/h7-9,12,15,22H,5-6,10-11,14H2,1-4H3,(H,28,33)(H,29,34)/t22-/m1/s1. The van der Waals surface area contributed by atoms with E-state index in [1.54, 1.807) is 6.07 Å². The van der Waals surface area contributed by atoms with Crippen molar-refractivity contribution in [2.75, 3.05) is 11.1 Å². The third-order valence-corrected chi connectivity index (χ3v) is 8.48. The maximum atomic E-state index is 12.9. The van der Waals surface area contributed by atoms with E-state index in [2.05, 4.69) is 26.9 Å². The number of nitrogens with zero attached hydrogens (tertiary/aromatic N) is 4. The highest BCUT2D eigenvalue weighted by Crippen LogP contribution is 2.37. The Bertz CT molecular complexity index is 1320. The first-order valence-corrected chi connectivity index (χ1v) is 13.8. The Morgan fingerprint density at radius 2 is 2.03 bits per heavy atom. The van der Waals surface area contributed by atoms with Crippen LogP contribution in [0.25, 0.3) is 0 Å². The summed E-state index contributed by atoms with van der Waals surface area (Å²) in [5.41, 5.74) is 3.32. The summed E-state index contributed by atoms with van der Waals surface area (Å²) in [5.74, 6) is 0.499. The van der Waals surface area contributed by atoms with Gasteiger partial charge in [-0.25, -0.2) is 0 Å². The lowest BCUT2D eigenvalue weighted by atomic mass is 9.96. The molecule has 2 aromatic heterocycles. The van der Waals surface area contributed by atoms with Crippen LogP contribution in [0.1, 0.15) is 70.5 Å². The number of aryl methyl sites for hydroxylation is 2. The van der Waals surface area contributed by atoms with Gasteiger partial charge in [-0.2, -0.15) is 5.26 Å². The van der Waals surface area contributed by atoms with Crippen LogP contribution in [0.2, 0.25) is 0 Å². The van der Waals surface area contributed by atoms with Crippen LogP contribution in [-0.2, 0) is 24.7 Å². The van der Waals surface area contributed by atoms with Crippen LogP contribution < -0.4 is 10.6 Å². The average Bonchev–Trinajstić information content (AvgIpc) is 3.39. The molecule has 1 atom stereocenters. The van der Waals surface area contributed by atoms with Crippen molar-refractivity contribution in [2.24, 2.45) is 13.0 Å². The summed E-state index contributed by atoms with van der Waals surface area (Å²) in [6, 6.07) is 9.39. The van der Waals surface area contributed by atoms with Crippen molar-refractivity contribution >= 4 is 39.9 Å². The van der Waals surface area contributed by atoms with Gasteiger partial charge in [0.15, 0.2) is 11.0 Å². The largest absolute Gasteiger partial charge is 0.342 e. The van der Waals surface area contributed by atoms with Crippen LogP contribution in [0.3, 0.4) is 0 Å². The molecule has 1 aliphatic rings. The fourth-order valence-electron chi connectivity index (χ4n) is 4.33. The number of aromatic nitrogens is 3. The third-order valence-electron chi connectivity index (χ3n) is 6.25. The number of benzene rings is 1. The maximum absolute atomic E-state index is 12.9. The number of carbonyl (C=O) groups excluding carboxylic acids is 2. The van der Waals surface area contributed by atoms with Crippen LogP contribution in [0, 0.1) is 24.2 Å². The Morgan fingerprint density at radius 3 is 2.75 bits per heavy atom. The van der Waals surface area contributed by atoms with Crippen LogP contribution in [0.5, 0.6) is 0 Å². The number of nitrogens with one attached hydrogen (secondary N) is 2. The van der Waals surface area contributed by atoms with Crippen molar-refractivity contribution in [1.29, 1.82) is 5.26 Å². The molecule has 1 aliphatic carbocycles. The Morgan fingerprint density at radius 1 is 1.25 bits per heavy atom. The summed E-state index contributed by atoms with van der Waals surface area (Å²) < 4.78 is 1.82. The Labute approximate surface area is 219 Å². The predicted molar refractivity (Wildman–Crippen MR) is 142 cm³/mol. The monoisotopic (exact) mass is 522 g/mol. The van der Waals surface area contributed by atoms with Gasteiger partial charge in [0, 0.05) is 17.5 Å². The molecule has 1 aromatic carbocycles. The molecule has 3 aromatic rings. The predicted octanol–water partition coefficient (Wildman–Crippen LogP) is 4.79. The number of hydrogen-bond acceptors (Lipinski definition) is 7. The molecule has 2 amide bonds. The van der Waals surface area contributed by atoms with Gasteiger partial charge in [-0.1, -0.05) is 43.3 Å². The molecular weight excluding hydrogens is 492 g/mol. The zero-order chi connectivity index (χ0) is 25.8. The molecule has 0 bridgehead atoms. The van der Waals surface area contributed by atoms with Crippen molar-refractivity contribution < 1.29 is 9.59 Å². The van der Waals surface area contributed by atoms with Gasteiger partial charge in [0.05, 0.1) is 17.4 Å². The first kappa shape index (κ1) is 25.9. The third kappa shape index (κ3) is 5.63. The second-order valence-corrected chi connectivity index (χ2v) is 11.4. The molecule has 0 radical (unpaired) electrons. The van der Waals surface area contributed by atoms with E-state index in [-0.39, 0.29) is 29.5 Å². The average molecular weight is 523 g/mol. The van der Waals surface area contributed by atoms with Gasteiger partial charge in [-0.15, -0.1) is 21.5 Å². The second-order valence-electron chi connectivity index (χ2n) is 9.33. The van der Waals surface area contributed by atoms with Crippen molar-refractivity contribution in [3.63, 3.8) is 0 Å². The lowest BCUT2D eigenvalue weighted by molar-refractivity contribution is -0.113. The number of nitriles is 1. The topological polar surface area (TPSA) is 113 Å². The van der Waals surface area contributed by atoms with E-state index >= 15 is 0 Å². The van der Waals surface area contributed by atoms with E-state index in [1.165, 1.54) is 28.0 Å². The van der Waals surface area contributed by atoms with E-state index in [4.69, 9.17) is 0 Å². The molecule has 36 heavy (non-hydrogen) atoms. The number of carbonyl (C=O) groups is 2. The zero-order valence-corrected chi connectivity index (χ0v) is 22.6. The molecule has 8 nitrogen and oxygen atoms in total. The number of thioether (sulfide) groups is 1. The van der Waals surface area contributed by atoms with E-state index in [0.29, 0.717) is 27.1 Å². The van der Waals surface area contributed by atoms with E-state index in [0.717, 1.165) is 36.8 Å². The highest BCUT2D eigenvalue weighted by molar-refractivity contribution is 7.99. The van der Waals surface area contributed by atoms with E-state index < -0.39 is 0 Å². The summed E-state index contributed by atoms with van der Waals surface area (Å²) in [6.07, 6.45) is 4.08. The minimum atomic E-state index is -0.339. The smallest absolute Gasteiger partial charge is 0.251 e. The fourth-order valence-corrected chi connectivity index (χ4v) is 6.30. The Hall–Kier alpha value is -3.16. The van der Waals surface area contributed by atoms with Gasteiger partial charge in [0.25, 0.3) is 5.91 Å². The summed E-state index contributed by atoms with van der Waals surface area (Å²) in [5, 5.41) is 25.5. The van der Waals surface area contributed by atoms with Crippen molar-refractivity contribution in [2.45, 2.75) is 57.7 Å². The molecule has 10 heteroatoms. The molecule has 2 N–H and O–H groups in total. The molecule has 0 fully saturated rings. The molecule has 0 unspecified atom stereocenters. The number of thiophene rings is 1. The Balaban J connectivity index is 1.42.